The number of likely N-dealkylation sites (tertiary alicyclic amines) is 1. The average Bonchev–Trinajstić information content (AvgIpc) is 3.08. The van der Waals surface area contributed by atoms with Crippen molar-refractivity contribution in [1.82, 2.24) is 19.7 Å². The van der Waals surface area contributed by atoms with Gasteiger partial charge in [-0.25, -0.2) is 0 Å². The highest BCUT2D eigenvalue weighted by atomic mass is 32.1. The number of H-pyrrole nitrogens is 1. The average molecular weight is 401 g/mol. The number of benzene rings is 1. The van der Waals surface area contributed by atoms with E-state index in [0.29, 0.717) is 29.1 Å². The van der Waals surface area contributed by atoms with Crippen LogP contribution in [-0.2, 0) is 11.2 Å². The van der Waals surface area contributed by atoms with Crippen LogP contribution in [0.2, 0.25) is 0 Å². The molecule has 3 rings (SSSR count). The van der Waals surface area contributed by atoms with Crippen LogP contribution >= 0.6 is 12.2 Å². The monoisotopic (exact) mass is 400 g/mol. The Labute approximate surface area is 173 Å². The molecule has 0 aliphatic carbocycles. The minimum absolute atomic E-state index is 0.296. The number of unbranched alkanes of at least 4 members (excludes halogenated alkanes) is 1. The summed E-state index contributed by atoms with van der Waals surface area (Å²) in [4.78, 5) is 14.6. The largest absolute Gasteiger partial charge is 0.343 e. The van der Waals surface area contributed by atoms with Crippen LogP contribution in [0.5, 0.6) is 0 Å². The first-order valence-corrected chi connectivity index (χ1v) is 10.9. The summed E-state index contributed by atoms with van der Waals surface area (Å²) in [6, 6.07) is 8.99. The fraction of sp³-hybridized carbons (Fsp3) is 0.591. The van der Waals surface area contributed by atoms with Gasteiger partial charge in [0.05, 0.1) is 0 Å². The number of piperidine rings is 1. The van der Waals surface area contributed by atoms with Gasteiger partial charge in [0.15, 0.2) is 4.77 Å². The van der Waals surface area contributed by atoms with Crippen LogP contribution in [0.4, 0.5) is 0 Å². The van der Waals surface area contributed by atoms with E-state index in [4.69, 9.17) is 12.2 Å². The predicted molar refractivity (Wildman–Crippen MR) is 115 cm³/mol. The third-order valence-corrected chi connectivity index (χ3v) is 5.98. The minimum atomic E-state index is 0.296. The zero-order valence-electron chi connectivity index (χ0n) is 17.3. The van der Waals surface area contributed by atoms with Crippen molar-refractivity contribution in [1.29, 1.82) is 0 Å². The molecule has 2 aromatic rings. The highest BCUT2D eigenvalue weighted by Crippen LogP contribution is 2.28. The van der Waals surface area contributed by atoms with Gasteiger partial charge in [-0.2, -0.15) is 5.10 Å². The molecule has 2 heterocycles. The van der Waals surface area contributed by atoms with E-state index in [1.807, 2.05) is 4.90 Å². The predicted octanol–water partition coefficient (Wildman–Crippen LogP) is 4.95. The lowest BCUT2D eigenvalue weighted by atomic mass is 9.95. The zero-order valence-corrected chi connectivity index (χ0v) is 18.1. The van der Waals surface area contributed by atoms with E-state index in [1.165, 1.54) is 11.1 Å². The maximum atomic E-state index is 12.6. The van der Waals surface area contributed by atoms with Gasteiger partial charge in [-0.3, -0.25) is 9.89 Å². The van der Waals surface area contributed by atoms with E-state index in [-0.39, 0.29) is 0 Å². The molecule has 28 heavy (non-hydrogen) atoms. The Bertz CT molecular complexity index is 829. The molecule has 6 heteroatoms. The molecule has 1 saturated heterocycles. The minimum Gasteiger partial charge on any atom is -0.343 e. The second kappa shape index (κ2) is 9.50. The molecule has 0 bridgehead atoms. The normalized spacial score (nSPS) is 15.4. The molecule has 0 atom stereocenters. The molecule has 1 N–H and O–H groups in total. The van der Waals surface area contributed by atoms with Gasteiger partial charge in [0.2, 0.25) is 5.91 Å². The summed E-state index contributed by atoms with van der Waals surface area (Å²) in [7, 11) is 0. The Hall–Kier alpha value is -1.95. The van der Waals surface area contributed by atoms with Gasteiger partial charge in [0, 0.05) is 31.5 Å². The molecule has 1 aliphatic rings. The lowest BCUT2D eigenvalue weighted by Gasteiger charge is -2.32. The van der Waals surface area contributed by atoms with Gasteiger partial charge >= 0.3 is 0 Å². The Morgan fingerprint density at radius 2 is 1.89 bits per heavy atom. The van der Waals surface area contributed by atoms with Crippen molar-refractivity contribution < 1.29 is 4.79 Å². The second-order valence-corrected chi connectivity index (χ2v) is 8.59. The molecule has 1 fully saturated rings. The van der Waals surface area contributed by atoms with Crippen LogP contribution in [0.15, 0.2) is 24.3 Å². The van der Waals surface area contributed by atoms with Gasteiger partial charge in [0.25, 0.3) is 0 Å². The first-order valence-electron chi connectivity index (χ1n) is 10.5. The molecule has 5 nitrogen and oxygen atoms in total. The van der Waals surface area contributed by atoms with E-state index in [0.717, 1.165) is 51.0 Å². The smallest absolute Gasteiger partial charge is 0.222 e. The number of nitrogens with zero attached hydrogens (tertiary/aromatic N) is 3. The summed E-state index contributed by atoms with van der Waals surface area (Å²) >= 11 is 5.36. The lowest BCUT2D eigenvalue weighted by molar-refractivity contribution is -0.132. The Kier molecular flexibility index (Phi) is 7.05. The van der Waals surface area contributed by atoms with E-state index in [9.17, 15) is 4.79 Å². The summed E-state index contributed by atoms with van der Waals surface area (Å²) in [6.45, 7) is 8.00. The molecule has 0 saturated carbocycles. The maximum Gasteiger partial charge on any atom is 0.222 e. The van der Waals surface area contributed by atoms with Crippen molar-refractivity contribution in [2.24, 2.45) is 0 Å². The highest BCUT2D eigenvalue weighted by Gasteiger charge is 2.27. The van der Waals surface area contributed by atoms with Crippen LogP contribution in [0.25, 0.3) is 0 Å². The first kappa shape index (κ1) is 20.8. The Morgan fingerprint density at radius 1 is 1.21 bits per heavy atom. The summed E-state index contributed by atoms with van der Waals surface area (Å²) in [6.07, 6.45) is 5.64. The van der Waals surface area contributed by atoms with Crippen LogP contribution in [-0.4, -0.2) is 38.7 Å². The number of rotatable bonds is 7. The third kappa shape index (κ3) is 5.10. The van der Waals surface area contributed by atoms with Crippen LogP contribution in [0, 0.1) is 11.7 Å². The molecule has 0 radical (unpaired) electrons. The van der Waals surface area contributed by atoms with Crippen molar-refractivity contribution in [3.05, 3.63) is 46.0 Å². The van der Waals surface area contributed by atoms with E-state index in [1.54, 1.807) is 0 Å². The van der Waals surface area contributed by atoms with Gasteiger partial charge in [0.1, 0.15) is 5.82 Å². The number of nitrogens with one attached hydrogen (secondary N) is 1. The summed E-state index contributed by atoms with van der Waals surface area (Å²) in [5.41, 5.74) is 2.65. The van der Waals surface area contributed by atoms with Crippen molar-refractivity contribution >= 4 is 18.1 Å². The fourth-order valence-electron chi connectivity index (χ4n) is 4.01. The van der Waals surface area contributed by atoms with Crippen LogP contribution in [0.1, 0.15) is 74.9 Å². The summed E-state index contributed by atoms with van der Waals surface area (Å²) in [5, 5.41) is 7.40. The molecule has 152 valence electrons. The molecule has 0 unspecified atom stereocenters. The van der Waals surface area contributed by atoms with Crippen molar-refractivity contribution in [3.63, 3.8) is 0 Å². The lowest BCUT2D eigenvalue weighted by Crippen LogP contribution is -2.38. The fourth-order valence-corrected chi connectivity index (χ4v) is 4.36. The number of aryl methyl sites for hydroxylation is 2. The Balaban J connectivity index is 1.42. The number of aromatic nitrogens is 3. The molecule has 1 aromatic heterocycles. The van der Waals surface area contributed by atoms with Gasteiger partial charge < -0.3 is 9.47 Å². The zero-order chi connectivity index (χ0) is 20.1. The second-order valence-electron chi connectivity index (χ2n) is 8.20. The summed E-state index contributed by atoms with van der Waals surface area (Å²) < 4.78 is 2.81. The Morgan fingerprint density at radius 3 is 2.54 bits per heavy atom. The van der Waals surface area contributed by atoms with E-state index >= 15 is 0 Å². The third-order valence-electron chi connectivity index (χ3n) is 5.69. The van der Waals surface area contributed by atoms with Gasteiger partial charge in [-0.1, -0.05) is 29.8 Å². The molecular weight excluding hydrogens is 368 g/mol. The van der Waals surface area contributed by atoms with Crippen molar-refractivity contribution in [3.8, 4) is 0 Å². The molecule has 1 amide bonds. The number of carbonyl (C=O) groups excluding carboxylic acids is 1. The molecular formula is C22H32N4OS. The maximum absolute atomic E-state index is 12.6. The van der Waals surface area contributed by atoms with Gasteiger partial charge in [-0.15, -0.1) is 0 Å². The van der Waals surface area contributed by atoms with Crippen molar-refractivity contribution in [2.45, 2.75) is 71.3 Å². The quantitative estimate of drug-likeness (QED) is 0.528. The number of amides is 1. The van der Waals surface area contributed by atoms with Crippen LogP contribution < -0.4 is 0 Å². The SMILES string of the molecule is Cc1ccc(CCCCC(=O)N2CCC(c3n[nH]c(=S)n3C(C)C)CC2)cc1. The van der Waals surface area contributed by atoms with Gasteiger partial charge in [-0.05, 0) is 70.7 Å². The topological polar surface area (TPSA) is 53.9 Å². The first-order chi connectivity index (χ1) is 13.5. The highest BCUT2D eigenvalue weighted by molar-refractivity contribution is 7.71. The number of carbonyl (C=O) groups is 1. The summed E-state index contributed by atoms with van der Waals surface area (Å²) in [5.74, 6) is 1.72. The van der Waals surface area contributed by atoms with E-state index in [2.05, 4.69) is 59.8 Å². The molecule has 1 aliphatic heterocycles. The van der Waals surface area contributed by atoms with Crippen molar-refractivity contribution in [2.75, 3.05) is 13.1 Å². The number of hydrogen-bond acceptors (Lipinski definition) is 3. The molecule has 0 spiro atoms. The molecule has 1 aromatic carbocycles. The number of hydrogen-bond donors (Lipinski definition) is 1. The standard InChI is InChI=1S/C22H32N4OS/c1-16(2)26-21(23-24-22(26)28)19-12-14-25(15-13-19)20(27)7-5-4-6-18-10-8-17(3)9-11-18/h8-11,16,19H,4-7,12-15H2,1-3H3,(H,24,28). The number of aromatic amines is 1. The van der Waals surface area contributed by atoms with Crippen LogP contribution in [0.3, 0.4) is 0 Å². The van der Waals surface area contributed by atoms with E-state index < -0.39 is 0 Å².